The highest BCUT2D eigenvalue weighted by Gasteiger charge is 2.22. The number of hydrogen-bond acceptors (Lipinski definition) is 6. The van der Waals surface area contributed by atoms with Gasteiger partial charge in [0.1, 0.15) is 0 Å². The zero-order chi connectivity index (χ0) is 20.9. The summed E-state index contributed by atoms with van der Waals surface area (Å²) in [6, 6.07) is 14.0. The molecule has 1 aliphatic heterocycles. The van der Waals surface area contributed by atoms with Gasteiger partial charge in [-0.05, 0) is 49.4 Å². The maximum Gasteiger partial charge on any atom is 0.260 e. The minimum atomic E-state index is 0.0181. The van der Waals surface area contributed by atoms with Gasteiger partial charge in [0, 0.05) is 36.6 Å². The van der Waals surface area contributed by atoms with Gasteiger partial charge in [-0.3, -0.25) is 14.6 Å². The fraction of sp³-hybridized carbons (Fsp3) is 0.391. The van der Waals surface area contributed by atoms with Gasteiger partial charge in [-0.25, -0.2) is 4.98 Å². The van der Waals surface area contributed by atoms with Gasteiger partial charge in [0.25, 0.3) is 5.91 Å². The quantitative estimate of drug-likeness (QED) is 0.498. The second-order valence-corrected chi connectivity index (χ2v) is 9.30. The molecule has 0 spiro atoms. The Bertz CT molecular complexity index is 1010. The molecule has 5 nitrogen and oxygen atoms in total. The maximum absolute atomic E-state index is 13.5. The van der Waals surface area contributed by atoms with Crippen LogP contribution in [0.15, 0.2) is 47.4 Å². The zero-order valence-corrected chi connectivity index (χ0v) is 19.1. The van der Waals surface area contributed by atoms with Crippen molar-refractivity contribution in [3.05, 3.63) is 53.6 Å². The molecule has 1 aromatic heterocycles. The topological polar surface area (TPSA) is 45.7 Å². The summed E-state index contributed by atoms with van der Waals surface area (Å²) >= 11 is 3.24. The van der Waals surface area contributed by atoms with Crippen molar-refractivity contribution in [2.45, 2.75) is 18.2 Å². The number of anilines is 1. The van der Waals surface area contributed by atoms with Crippen molar-refractivity contribution in [2.75, 3.05) is 50.5 Å². The number of thiazole rings is 1. The number of morpholine rings is 1. The van der Waals surface area contributed by atoms with E-state index < -0.39 is 0 Å². The number of nitrogens with zero attached hydrogens (tertiary/aromatic N) is 3. The first-order valence-corrected chi connectivity index (χ1v) is 12.3. The standard InChI is InChI=1S/C23H27N3O2S2/c1-17-6-3-9-20-21(17)24-23(30-20)26(11-5-10-25-12-14-28-15-13-25)22(27)18-7-4-8-19(16-18)29-2/h3-4,6-9,16H,5,10-15H2,1-2H3. The van der Waals surface area contributed by atoms with E-state index in [1.165, 1.54) is 0 Å². The summed E-state index contributed by atoms with van der Waals surface area (Å²) in [4.78, 5) is 23.7. The molecule has 0 aliphatic carbocycles. The predicted octanol–water partition coefficient (Wildman–Crippen LogP) is 4.70. The SMILES string of the molecule is CSc1cccc(C(=O)N(CCCN2CCOCC2)c2nc3c(C)cccc3s2)c1. The minimum Gasteiger partial charge on any atom is -0.379 e. The molecule has 0 unspecified atom stereocenters. The summed E-state index contributed by atoms with van der Waals surface area (Å²) < 4.78 is 6.56. The second kappa shape index (κ2) is 9.92. The monoisotopic (exact) mass is 441 g/mol. The first-order valence-electron chi connectivity index (χ1n) is 10.3. The molecular weight excluding hydrogens is 414 g/mol. The van der Waals surface area contributed by atoms with Crippen LogP contribution in [0.1, 0.15) is 22.3 Å². The molecule has 4 rings (SSSR count). The zero-order valence-electron chi connectivity index (χ0n) is 17.5. The summed E-state index contributed by atoms with van der Waals surface area (Å²) in [5.74, 6) is 0.0181. The minimum absolute atomic E-state index is 0.0181. The lowest BCUT2D eigenvalue weighted by Gasteiger charge is -2.27. The van der Waals surface area contributed by atoms with Crippen LogP contribution >= 0.6 is 23.1 Å². The molecule has 7 heteroatoms. The Morgan fingerprint density at radius 1 is 1.23 bits per heavy atom. The van der Waals surface area contributed by atoms with E-state index in [2.05, 4.69) is 24.0 Å². The maximum atomic E-state index is 13.5. The Labute approximate surface area is 186 Å². The Kier molecular flexibility index (Phi) is 7.04. The van der Waals surface area contributed by atoms with E-state index in [9.17, 15) is 4.79 Å². The van der Waals surface area contributed by atoms with Crippen molar-refractivity contribution in [3.8, 4) is 0 Å². The van der Waals surface area contributed by atoms with Gasteiger partial charge < -0.3 is 4.74 Å². The molecule has 0 radical (unpaired) electrons. The summed E-state index contributed by atoms with van der Waals surface area (Å²) in [5.41, 5.74) is 2.84. The number of carbonyl (C=O) groups excluding carboxylic acids is 1. The van der Waals surface area contributed by atoms with E-state index in [1.807, 2.05) is 41.5 Å². The number of thioether (sulfide) groups is 1. The summed E-state index contributed by atoms with van der Waals surface area (Å²) in [6.07, 6.45) is 2.93. The number of para-hydroxylation sites is 1. The van der Waals surface area contributed by atoms with Crippen LogP contribution in [-0.2, 0) is 4.74 Å². The molecule has 1 amide bonds. The summed E-state index contributed by atoms with van der Waals surface area (Å²) in [7, 11) is 0. The lowest BCUT2D eigenvalue weighted by atomic mass is 10.2. The first kappa shape index (κ1) is 21.3. The normalized spacial score (nSPS) is 14.9. The number of benzene rings is 2. The number of carbonyl (C=O) groups is 1. The molecule has 1 saturated heterocycles. The smallest absolute Gasteiger partial charge is 0.260 e. The van der Waals surface area contributed by atoms with E-state index in [0.29, 0.717) is 12.1 Å². The van der Waals surface area contributed by atoms with Gasteiger partial charge in [0.05, 0.1) is 23.4 Å². The van der Waals surface area contributed by atoms with Crippen molar-refractivity contribution >= 4 is 44.4 Å². The highest BCUT2D eigenvalue weighted by molar-refractivity contribution is 7.98. The molecule has 1 aliphatic rings. The van der Waals surface area contributed by atoms with E-state index in [4.69, 9.17) is 9.72 Å². The highest BCUT2D eigenvalue weighted by Crippen LogP contribution is 2.32. The molecule has 30 heavy (non-hydrogen) atoms. The third kappa shape index (κ3) is 4.86. The predicted molar refractivity (Wildman–Crippen MR) is 126 cm³/mol. The summed E-state index contributed by atoms with van der Waals surface area (Å²) in [5, 5.41) is 0.779. The van der Waals surface area contributed by atoms with Crippen LogP contribution in [0.25, 0.3) is 10.2 Å². The lowest BCUT2D eigenvalue weighted by molar-refractivity contribution is 0.0376. The van der Waals surface area contributed by atoms with E-state index in [1.54, 1.807) is 23.1 Å². The number of rotatable bonds is 7. The number of amides is 1. The van der Waals surface area contributed by atoms with Gasteiger partial charge in [-0.15, -0.1) is 11.8 Å². The number of aryl methyl sites for hydroxylation is 1. The van der Waals surface area contributed by atoms with Crippen LogP contribution in [0.2, 0.25) is 0 Å². The Morgan fingerprint density at radius 3 is 2.80 bits per heavy atom. The van der Waals surface area contributed by atoms with E-state index in [0.717, 1.165) is 65.1 Å². The molecule has 0 atom stereocenters. The summed E-state index contributed by atoms with van der Waals surface area (Å²) in [6.45, 7) is 7.19. The lowest BCUT2D eigenvalue weighted by Crippen LogP contribution is -2.39. The fourth-order valence-corrected chi connectivity index (χ4v) is 5.19. The second-order valence-electron chi connectivity index (χ2n) is 7.41. The molecule has 3 aromatic rings. The average Bonchev–Trinajstić information content (AvgIpc) is 3.22. The molecule has 0 saturated carbocycles. The Balaban J connectivity index is 1.59. The molecule has 2 aromatic carbocycles. The largest absolute Gasteiger partial charge is 0.379 e. The number of ether oxygens (including phenoxy) is 1. The third-order valence-electron chi connectivity index (χ3n) is 5.36. The number of fused-ring (bicyclic) bond motifs is 1. The van der Waals surface area contributed by atoms with Crippen LogP contribution in [-0.4, -0.2) is 61.4 Å². The highest BCUT2D eigenvalue weighted by atomic mass is 32.2. The number of aromatic nitrogens is 1. The first-order chi connectivity index (χ1) is 14.7. The van der Waals surface area contributed by atoms with Gasteiger partial charge in [0.15, 0.2) is 5.13 Å². The molecule has 158 valence electrons. The van der Waals surface area contributed by atoms with Crippen LogP contribution in [0.5, 0.6) is 0 Å². The van der Waals surface area contributed by atoms with E-state index in [-0.39, 0.29) is 5.91 Å². The van der Waals surface area contributed by atoms with Crippen LogP contribution < -0.4 is 4.90 Å². The van der Waals surface area contributed by atoms with Gasteiger partial charge in [-0.2, -0.15) is 0 Å². The van der Waals surface area contributed by atoms with Crippen molar-refractivity contribution in [1.82, 2.24) is 9.88 Å². The molecule has 2 heterocycles. The van der Waals surface area contributed by atoms with Crippen molar-refractivity contribution < 1.29 is 9.53 Å². The molecule has 0 N–H and O–H groups in total. The number of hydrogen-bond donors (Lipinski definition) is 0. The van der Waals surface area contributed by atoms with E-state index >= 15 is 0 Å². The Morgan fingerprint density at radius 2 is 2.03 bits per heavy atom. The molecule has 1 fully saturated rings. The van der Waals surface area contributed by atoms with Gasteiger partial charge in [0.2, 0.25) is 0 Å². The Hall–Kier alpha value is -1.93. The van der Waals surface area contributed by atoms with Gasteiger partial charge in [-0.1, -0.05) is 29.5 Å². The van der Waals surface area contributed by atoms with Crippen LogP contribution in [0.3, 0.4) is 0 Å². The van der Waals surface area contributed by atoms with Crippen molar-refractivity contribution in [3.63, 3.8) is 0 Å². The van der Waals surface area contributed by atoms with Crippen LogP contribution in [0, 0.1) is 6.92 Å². The van der Waals surface area contributed by atoms with Crippen molar-refractivity contribution in [2.24, 2.45) is 0 Å². The van der Waals surface area contributed by atoms with Crippen molar-refractivity contribution in [1.29, 1.82) is 0 Å². The van der Waals surface area contributed by atoms with Gasteiger partial charge >= 0.3 is 0 Å². The molecule has 0 bridgehead atoms. The average molecular weight is 442 g/mol. The third-order valence-corrected chi connectivity index (χ3v) is 7.13. The fourth-order valence-electron chi connectivity index (χ4n) is 3.66. The molecular formula is C23H27N3O2S2. The van der Waals surface area contributed by atoms with Crippen LogP contribution in [0.4, 0.5) is 5.13 Å².